The molecule has 5 aliphatic carbocycles. The van der Waals surface area contributed by atoms with Crippen LogP contribution in [0.3, 0.4) is 0 Å². The van der Waals surface area contributed by atoms with E-state index in [-0.39, 0.29) is 69.6 Å². The maximum absolute atomic E-state index is 13.7. The first-order chi connectivity index (χ1) is 22.1. The van der Waals surface area contributed by atoms with E-state index in [9.17, 15) is 24.9 Å². The van der Waals surface area contributed by atoms with Crippen molar-refractivity contribution in [3.05, 3.63) is 42.0 Å². The predicted octanol–water partition coefficient (Wildman–Crippen LogP) is 7.83. The van der Waals surface area contributed by atoms with Crippen LogP contribution >= 0.6 is 0 Å². The third-order valence-electron chi connectivity index (χ3n) is 15.2. The molecule has 5 fully saturated rings. The van der Waals surface area contributed by atoms with Gasteiger partial charge in [0.05, 0.1) is 25.2 Å². The van der Waals surface area contributed by atoms with E-state index in [0.29, 0.717) is 17.4 Å². The quantitative estimate of drug-likeness (QED) is 0.125. The summed E-state index contributed by atoms with van der Waals surface area (Å²) in [4.78, 5) is 27.2. The van der Waals surface area contributed by atoms with E-state index in [4.69, 9.17) is 9.47 Å². The molecule has 0 heterocycles. The second-order valence-corrected chi connectivity index (χ2v) is 17.1. The molecule has 7 nitrogen and oxygen atoms in total. The Morgan fingerprint density at radius 1 is 0.936 bits per heavy atom. The number of benzene rings is 1. The average molecular weight is 649 g/mol. The van der Waals surface area contributed by atoms with E-state index >= 15 is 0 Å². The molecule has 6 rings (SSSR count). The van der Waals surface area contributed by atoms with Crippen molar-refractivity contribution in [3.8, 4) is 11.5 Å². The Kier molecular flexibility index (Phi) is 8.46. The van der Waals surface area contributed by atoms with Crippen molar-refractivity contribution in [2.75, 3.05) is 13.7 Å². The zero-order valence-electron chi connectivity index (χ0n) is 29.3. The Labute approximate surface area is 280 Å². The van der Waals surface area contributed by atoms with Crippen LogP contribution < -0.4 is 0 Å². The predicted molar refractivity (Wildman–Crippen MR) is 181 cm³/mol. The van der Waals surface area contributed by atoms with Gasteiger partial charge in [-0.1, -0.05) is 45.9 Å². The Balaban J connectivity index is 1.40. The lowest BCUT2D eigenvalue weighted by molar-refractivity contribution is -0.263. The first-order valence-electron chi connectivity index (χ1n) is 17.9. The summed E-state index contributed by atoms with van der Waals surface area (Å²) in [6.07, 6.45) is 11.8. The number of rotatable bonds is 6. The number of hydrogen-bond acceptors (Lipinski definition) is 7. The van der Waals surface area contributed by atoms with Gasteiger partial charge in [-0.05, 0) is 141 Å². The number of aliphatic hydroxyl groups is 1. The second kappa shape index (κ2) is 11.7. The third kappa shape index (κ3) is 4.91. The van der Waals surface area contributed by atoms with Crippen LogP contribution in [-0.2, 0) is 19.1 Å². The number of fused-ring (bicyclic) bond motifs is 7. The van der Waals surface area contributed by atoms with Gasteiger partial charge in [-0.3, -0.25) is 4.79 Å². The molecule has 1 aromatic rings. The molecule has 0 amide bonds. The number of ether oxygens (including phenoxy) is 2. The molecular formula is C40H56O7. The Morgan fingerprint density at radius 2 is 1.68 bits per heavy atom. The van der Waals surface area contributed by atoms with Crippen molar-refractivity contribution in [1.82, 2.24) is 0 Å². The van der Waals surface area contributed by atoms with E-state index in [1.807, 2.05) is 0 Å². The van der Waals surface area contributed by atoms with Crippen molar-refractivity contribution in [2.45, 2.75) is 105 Å². The van der Waals surface area contributed by atoms with E-state index < -0.39 is 11.4 Å². The highest BCUT2D eigenvalue weighted by atomic mass is 16.5. The molecule has 2 unspecified atom stereocenters. The summed E-state index contributed by atoms with van der Waals surface area (Å²) in [7, 11) is 1.52. The van der Waals surface area contributed by atoms with Crippen molar-refractivity contribution >= 4 is 18.0 Å². The summed E-state index contributed by atoms with van der Waals surface area (Å²) < 4.78 is 11.9. The number of allylic oxidation sites excluding steroid dienone is 1. The molecule has 0 aromatic heterocycles. The molecule has 7 heteroatoms. The minimum atomic E-state index is -0.543. The molecule has 0 spiro atoms. The SMILES string of the molecule is C=C(C)C1CC[C@]2(C(=O)OC)CC[C@]3(COC(=O)/C=C\c4ccc(O)c(O)c4)[C@H](CC[C@@H]4[C@@]5(C)CC[C@H](O)C(C)(C)[C@@H]5CC[C@]43C)C12. The van der Waals surface area contributed by atoms with E-state index in [2.05, 4.69) is 41.2 Å². The second-order valence-electron chi connectivity index (χ2n) is 17.1. The van der Waals surface area contributed by atoms with Gasteiger partial charge in [-0.2, -0.15) is 0 Å². The number of hydrogen-bond donors (Lipinski definition) is 3. The van der Waals surface area contributed by atoms with Crippen LogP contribution in [0.2, 0.25) is 0 Å². The van der Waals surface area contributed by atoms with Crippen LogP contribution in [-0.4, -0.2) is 47.1 Å². The lowest BCUT2D eigenvalue weighted by Crippen LogP contribution is -2.69. The largest absolute Gasteiger partial charge is 0.504 e. The van der Waals surface area contributed by atoms with Crippen molar-refractivity contribution in [2.24, 2.45) is 56.7 Å². The number of aliphatic hydroxyl groups excluding tert-OH is 1. The van der Waals surface area contributed by atoms with Crippen LogP contribution in [0.25, 0.3) is 6.08 Å². The molecule has 5 aliphatic rings. The molecule has 10 atom stereocenters. The molecule has 0 radical (unpaired) electrons. The summed E-state index contributed by atoms with van der Waals surface area (Å²) in [6, 6.07) is 4.44. The molecule has 3 N–H and O–H groups in total. The van der Waals surface area contributed by atoms with Gasteiger partial charge in [0.15, 0.2) is 11.5 Å². The molecule has 5 saturated carbocycles. The average Bonchev–Trinajstić information content (AvgIpc) is 3.43. The molecule has 0 saturated heterocycles. The standard InChI is InChI=1S/C40H56O7/c1-24(2)26-14-19-39(35(45)46-7)20-21-40(23-47-33(44)13-9-25-8-11-28(41)29(42)22-25)27(34(26)39)10-12-31-37(5)17-16-32(43)36(3,4)30(37)15-18-38(31,40)6/h8-9,11,13,22,26-27,30-32,34,41-43H,1,10,12,14-21,23H2,2-7H3/b13-9-/t26?,27-,30+,31-,32+,34?,37+,38-,39+,40+/m1/s1. The summed E-state index contributed by atoms with van der Waals surface area (Å²) in [5.74, 6) is 0.297. The number of methoxy groups -OCH3 is 1. The lowest BCUT2D eigenvalue weighted by atomic mass is 9.32. The van der Waals surface area contributed by atoms with Crippen LogP contribution in [0.15, 0.2) is 36.4 Å². The third-order valence-corrected chi connectivity index (χ3v) is 15.2. The minimum absolute atomic E-state index is 0.0544. The van der Waals surface area contributed by atoms with Crippen molar-refractivity contribution < 1.29 is 34.4 Å². The molecule has 47 heavy (non-hydrogen) atoms. The summed E-state index contributed by atoms with van der Waals surface area (Å²) >= 11 is 0. The number of carbonyl (C=O) groups excluding carboxylic acids is 2. The minimum Gasteiger partial charge on any atom is -0.504 e. The topological polar surface area (TPSA) is 113 Å². The summed E-state index contributed by atoms with van der Waals surface area (Å²) in [5.41, 5.74) is 0.599. The maximum atomic E-state index is 13.7. The van der Waals surface area contributed by atoms with Crippen molar-refractivity contribution in [3.63, 3.8) is 0 Å². The molecular weight excluding hydrogens is 592 g/mol. The van der Waals surface area contributed by atoms with Gasteiger partial charge in [-0.15, -0.1) is 0 Å². The van der Waals surface area contributed by atoms with Gasteiger partial charge in [0.1, 0.15) is 0 Å². The molecule has 258 valence electrons. The highest BCUT2D eigenvalue weighted by molar-refractivity contribution is 5.87. The van der Waals surface area contributed by atoms with E-state index in [1.165, 1.54) is 25.3 Å². The number of esters is 2. The first-order valence-corrected chi connectivity index (χ1v) is 17.9. The maximum Gasteiger partial charge on any atom is 0.330 e. The summed E-state index contributed by atoms with van der Waals surface area (Å²) in [6.45, 7) is 16.3. The Hall–Kier alpha value is -2.80. The van der Waals surface area contributed by atoms with Crippen LogP contribution in [0.4, 0.5) is 0 Å². The highest BCUT2D eigenvalue weighted by Crippen LogP contribution is 2.77. The zero-order valence-corrected chi connectivity index (χ0v) is 29.3. The zero-order chi connectivity index (χ0) is 34.2. The fourth-order valence-corrected chi connectivity index (χ4v) is 12.9. The normalized spacial score (nSPS) is 42.0. The monoisotopic (exact) mass is 648 g/mol. The van der Waals surface area contributed by atoms with Crippen LogP contribution in [0.5, 0.6) is 11.5 Å². The van der Waals surface area contributed by atoms with Crippen LogP contribution in [0.1, 0.15) is 104 Å². The van der Waals surface area contributed by atoms with E-state index in [0.717, 1.165) is 69.8 Å². The number of phenols is 2. The number of carbonyl (C=O) groups is 2. The van der Waals surface area contributed by atoms with Gasteiger partial charge >= 0.3 is 11.9 Å². The fourth-order valence-electron chi connectivity index (χ4n) is 12.9. The number of aromatic hydroxyl groups is 2. The fraction of sp³-hybridized carbons (Fsp3) is 0.700. The van der Waals surface area contributed by atoms with Gasteiger partial charge in [-0.25, -0.2) is 4.79 Å². The highest BCUT2D eigenvalue weighted by Gasteiger charge is 2.73. The summed E-state index contributed by atoms with van der Waals surface area (Å²) in [5, 5.41) is 30.7. The lowest BCUT2D eigenvalue weighted by Gasteiger charge is -2.73. The Morgan fingerprint density at radius 3 is 2.36 bits per heavy atom. The molecule has 0 aliphatic heterocycles. The van der Waals surface area contributed by atoms with Gasteiger partial charge < -0.3 is 24.8 Å². The van der Waals surface area contributed by atoms with Gasteiger partial charge in [0.2, 0.25) is 0 Å². The smallest absolute Gasteiger partial charge is 0.330 e. The van der Waals surface area contributed by atoms with Gasteiger partial charge in [0.25, 0.3) is 0 Å². The first kappa shape index (κ1) is 34.1. The van der Waals surface area contributed by atoms with E-state index in [1.54, 1.807) is 12.1 Å². The number of phenolic OH excluding ortho intramolecular Hbond substituents is 2. The molecule has 1 aromatic carbocycles. The Bertz CT molecular complexity index is 1460. The molecule has 0 bridgehead atoms. The van der Waals surface area contributed by atoms with Crippen molar-refractivity contribution in [1.29, 1.82) is 0 Å². The van der Waals surface area contributed by atoms with Gasteiger partial charge in [0, 0.05) is 11.5 Å². The van der Waals surface area contributed by atoms with Crippen LogP contribution in [0, 0.1) is 56.7 Å².